The Balaban J connectivity index is 2.96. The van der Waals surface area contributed by atoms with Crippen LogP contribution in [0.5, 0.6) is 0 Å². The predicted octanol–water partition coefficient (Wildman–Crippen LogP) is 1.50. The summed E-state index contributed by atoms with van der Waals surface area (Å²) < 4.78 is 2.13. The third kappa shape index (κ3) is 3.06. The van der Waals surface area contributed by atoms with E-state index in [-0.39, 0.29) is 18.1 Å². The van der Waals surface area contributed by atoms with Crippen LogP contribution in [0.25, 0.3) is 0 Å². The molecule has 4 heteroatoms. The topological polar surface area (TPSA) is 64.1 Å². The molecule has 0 saturated heterocycles. The molecule has 0 aliphatic carbocycles. The van der Waals surface area contributed by atoms with Gasteiger partial charge in [-0.15, -0.1) is 0 Å². The van der Waals surface area contributed by atoms with Crippen molar-refractivity contribution < 1.29 is 5.11 Å². The van der Waals surface area contributed by atoms with Gasteiger partial charge in [-0.25, -0.2) is 4.98 Å². The summed E-state index contributed by atoms with van der Waals surface area (Å²) in [5, 5.41) is 9.13. The minimum atomic E-state index is -0.339. The molecule has 0 aromatic carbocycles. The zero-order valence-corrected chi connectivity index (χ0v) is 10.5. The van der Waals surface area contributed by atoms with Gasteiger partial charge in [0.2, 0.25) is 0 Å². The van der Waals surface area contributed by atoms with Gasteiger partial charge < -0.3 is 15.4 Å². The molecule has 0 aliphatic heterocycles. The summed E-state index contributed by atoms with van der Waals surface area (Å²) in [5.41, 5.74) is 6.96. The molecular formula is C12H23N3O. The van der Waals surface area contributed by atoms with E-state index in [1.54, 1.807) is 0 Å². The number of rotatable bonds is 6. The van der Waals surface area contributed by atoms with Crippen LogP contribution in [0.4, 0.5) is 0 Å². The van der Waals surface area contributed by atoms with Gasteiger partial charge in [0, 0.05) is 36.5 Å². The normalized spacial score (nSPS) is 14.1. The van der Waals surface area contributed by atoms with Crippen LogP contribution >= 0.6 is 0 Å². The van der Waals surface area contributed by atoms with Gasteiger partial charge in [-0.3, -0.25) is 0 Å². The van der Waals surface area contributed by atoms with Gasteiger partial charge in [0.1, 0.15) is 0 Å². The van der Waals surface area contributed by atoms with Crippen molar-refractivity contribution in [2.45, 2.75) is 51.6 Å². The Morgan fingerprint density at radius 3 is 2.75 bits per heavy atom. The fourth-order valence-corrected chi connectivity index (χ4v) is 2.08. The highest BCUT2D eigenvalue weighted by molar-refractivity contribution is 5.12. The summed E-state index contributed by atoms with van der Waals surface area (Å²) in [6, 6.07) is 0. The lowest BCUT2D eigenvalue weighted by Crippen LogP contribution is -2.40. The lowest BCUT2D eigenvalue weighted by atomic mass is 9.83. The Morgan fingerprint density at radius 1 is 1.56 bits per heavy atom. The summed E-state index contributed by atoms with van der Waals surface area (Å²) in [6.07, 6.45) is 5.46. The van der Waals surface area contributed by atoms with Crippen molar-refractivity contribution >= 4 is 0 Å². The van der Waals surface area contributed by atoms with E-state index in [2.05, 4.69) is 16.5 Å². The maximum Gasteiger partial charge on any atom is 0.0948 e. The molecule has 1 aromatic heterocycles. The third-order valence-corrected chi connectivity index (χ3v) is 2.88. The molecule has 0 aliphatic rings. The molecule has 1 heterocycles. The molecule has 0 fully saturated rings. The van der Waals surface area contributed by atoms with Crippen LogP contribution < -0.4 is 5.73 Å². The standard InChI is InChI=1S/C12H23N3O/c1-4-6-15-9-14-8-11(15)10(5-7-16)12(2,3)13/h8-10,16H,4-7,13H2,1-3H3. The van der Waals surface area contributed by atoms with E-state index in [0.29, 0.717) is 6.42 Å². The molecule has 3 N–H and O–H groups in total. The van der Waals surface area contributed by atoms with Crippen LogP contribution in [-0.4, -0.2) is 26.8 Å². The Bertz CT molecular complexity index is 314. The van der Waals surface area contributed by atoms with E-state index >= 15 is 0 Å². The summed E-state index contributed by atoms with van der Waals surface area (Å²) in [6.45, 7) is 7.24. The second kappa shape index (κ2) is 5.46. The quantitative estimate of drug-likeness (QED) is 0.771. The largest absolute Gasteiger partial charge is 0.396 e. The van der Waals surface area contributed by atoms with Crippen molar-refractivity contribution in [3.05, 3.63) is 18.2 Å². The molecule has 4 nitrogen and oxygen atoms in total. The van der Waals surface area contributed by atoms with Crippen LogP contribution in [0.15, 0.2) is 12.5 Å². The van der Waals surface area contributed by atoms with Gasteiger partial charge in [-0.2, -0.15) is 0 Å². The van der Waals surface area contributed by atoms with Crippen LogP contribution in [0.2, 0.25) is 0 Å². The van der Waals surface area contributed by atoms with Crippen molar-refractivity contribution in [3.63, 3.8) is 0 Å². The number of nitrogens with zero attached hydrogens (tertiary/aromatic N) is 2. The lowest BCUT2D eigenvalue weighted by Gasteiger charge is -2.30. The lowest BCUT2D eigenvalue weighted by molar-refractivity contribution is 0.246. The number of aliphatic hydroxyl groups excluding tert-OH is 1. The van der Waals surface area contributed by atoms with Crippen LogP contribution in [0.1, 0.15) is 45.2 Å². The molecular weight excluding hydrogens is 202 g/mol. The van der Waals surface area contributed by atoms with E-state index in [1.807, 2.05) is 26.4 Å². The number of nitrogens with two attached hydrogens (primary N) is 1. The SMILES string of the molecule is CCCn1cncc1C(CCO)C(C)(C)N. The van der Waals surface area contributed by atoms with Crippen molar-refractivity contribution in [1.82, 2.24) is 9.55 Å². The first kappa shape index (κ1) is 13.2. The monoisotopic (exact) mass is 225 g/mol. The van der Waals surface area contributed by atoms with Crippen molar-refractivity contribution in [2.75, 3.05) is 6.61 Å². The minimum absolute atomic E-state index is 0.145. The molecule has 1 unspecified atom stereocenters. The van der Waals surface area contributed by atoms with Gasteiger partial charge in [0.05, 0.1) is 6.33 Å². The first-order valence-corrected chi connectivity index (χ1v) is 5.90. The van der Waals surface area contributed by atoms with Gasteiger partial charge in [-0.05, 0) is 26.7 Å². The maximum atomic E-state index is 9.13. The number of hydrogen-bond donors (Lipinski definition) is 2. The Labute approximate surface area is 97.5 Å². The van der Waals surface area contributed by atoms with E-state index in [9.17, 15) is 0 Å². The average Bonchev–Trinajstić information content (AvgIpc) is 2.61. The Hall–Kier alpha value is -0.870. The van der Waals surface area contributed by atoms with Gasteiger partial charge >= 0.3 is 0 Å². The summed E-state index contributed by atoms with van der Waals surface area (Å²) in [4.78, 5) is 4.18. The third-order valence-electron chi connectivity index (χ3n) is 2.88. The van der Waals surface area contributed by atoms with E-state index in [4.69, 9.17) is 10.8 Å². The molecule has 0 saturated carbocycles. The zero-order chi connectivity index (χ0) is 12.2. The van der Waals surface area contributed by atoms with Gasteiger partial charge in [-0.1, -0.05) is 6.92 Å². The van der Waals surface area contributed by atoms with Crippen molar-refractivity contribution in [2.24, 2.45) is 5.73 Å². The van der Waals surface area contributed by atoms with E-state index < -0.39 is 0 Å². The molecule has 0 radical (unpaired) electrons. The number of aliphatic hydroxyl groups is 1. The molecule has 1 atom stereocenters. The molecule has 16 heavy (non-hydrogen) atoms. The van der Waals surface area contributed by atoms with Crippen LogP contribution in [-0.2, 0) is 6.54 Å². The smallest absolute Gasteiger partial charge is 0.0948 e. The van der Waals surface area contributed by atoms with Crippen LogP contribution in [0, 0.1) is 0 Å². The first-order valence-electron chi connectivity index (χ1n) is 5.90. The molecule has 1 rings (SSSR count). The highest BCUT2D eigenvalue weighted by Gasteiger charge is 2.28. The number of imidazole rings is 1. The Kier molecular flexibility index (Phi) is 4.50. The second-order valence-corrected chi connectivity index (χ2v) is 4.90. The van der Waals surface area contributed by atoms with Crippen molar-refractivity contribution in [3.8, 4) is 0 Å². The van der Waals surface area contributed by atoms with Gasteiger partial charge in [0.15, 0.2) is 0 Å². The molecule has 1 aromatic rings. The number of aromatic nitrogens is 2. The highest BCUT2D eigenvalue weighted by Crippen LogP contribution is 2.29. The number of hydrogen-bond acceptors (Lipinski definition) is 3. The molecule has 0 bridgehead atoms. The van der Waals surface area contributed by atoms with Gasteiger partial charge in [0.25, 0.3) is 0 Å². The number of aryl methyl sites for hydroxylation is 1. The highest BCUT2D eigenvalue weighted by atomic mass is 16.3. The van der Waals surface area contributed by atoms with E-state index in [1.165, 1.54) is 0 Å². The fourth-order valence-electron chi connectivity index (χ4n) is 2.08. The summed E-state index contributed by atoms with van der Waals surface area (Å²) in [7, 11) is 0. The summed E-state index contributed by atoms with van der Waals surface area (Å²) in [5.74, 6) is 0.145. The fraction of sp³-hybridized carbons (Fsp3) is 0.750. The Morgan fingerprint density at radius 2 is 2.25 bits per heavy atom. The molecule has 0 amide bonds. The minimum Gasteiger partial charge on any atom is -0.396 e. The van der Waals surface area contributed by atoms with Crippen molar-refractivity contribution in [1.29, 1.82) is 0 Å². The average molecular weight is 225 g/mol. The first-order chi connectivity index (χ1) is 7.50. The molecule has 0 spiro atoms. The maximum absolute atomic E-state index is 9.13. The van der Waals surface area contributed by atoms with E-state index in [0.717, 1.165) is 18.7 Å². The zero-order valence-electron chi connectivity index (χ0n) is 10.5. The predicted molar refractivity (Wildman–Crippen MR) is 65.2 cm³/mol. The molecule has 92 valence electrons. The van der Waals surface area contributed by atoms with Crippen LogP contribution in [0.3, 0.4) is 0 Å². The summed E-state index contributed by atoms with van der Waals surface area (Å²) >= 11 is 0. The second-order valence-electron chi connectivity index (χ2n) is 4.90.